The van der Waals surface area contributed by atoms with Gasteiger partial charge < -0.3 is 0 Å². The SMILES string of the molecule is CC.CCC(CC)=C1CC=CC=C1c1cccc(C)c1. The Morgan fingerprint density at radius 3 is 2.40 bits per heavy atom. The third-order valence-corrected chi connectivity index (χ3v) is 3.66. The van der Waals surface area contributed by atoms with Gasteiger partial charge in [-0.2, -0.15) is 0 Å². The number of aryl methyl sites for hydroxylation is 1. The summed E-state index contributed by atoms with van der Waals surface area (Å²) in [7, 11) is 0. The maximum atomic E-state index is 2.29. The Balaban J connectivity index is 0.000000956. The van der Waals surface area contributed by atoms with Gasteiger partial charge in [0.25, 0.3) is 0 Å². The molecule has 0 spiro atoms. The average Bonchev–Trinajstić information content (AvgIpc) is 2.51. The molecule has 0 saturated heterocycles. The molecule has 108 valence electrons. The van der Waals surface area contributed by atoms with Gasteiger partial charge in [-0.15, -0.1) is 0 Å². The van der Waals surface area contributed by atoms with E-state index in [1.165, 1.54) is 22.3 Å². The highest BCUT2D eigenvalue weighted by atomic mass is 14.2. The van der Waals surface area contributed by atoms with Crippen molar-refractivity contribution in [2.75, 3.05) is 0 Å². The van der Waals surface area contributed by atoms with Crippen LogP contribution >= 0.6 is 0 Å². The monoisotopic (exact) mass is 268 g/mol. The Kier molecular flexibility index (Phi) is 7.08. The molecule has 0 N–H and O–H groups in total. The summed E-state index contributed by atoms with van der Waals surface area (Å²) in [5, 5.41) is 0. The number of benzene rings is 1. The van der Waals surface area contributed by atoms with Gasteiger partial charge in [-0.3, -0.25) is 0 Å². The van der Waals surface area contributed by atoms with Crippen molar-refractivity contribution < 1.29 is 0 Å². The molecular weight excluding hydrogens is 240 g/mol. The summed E-state index contributed by atoms with van der Waals surface area (Å²) < 4.78 is 0. The minimum absolute atomic E-state index is 1.08. The highest BCUT2D eigenvalue weighted by Crippen LogP contribution is 2.33. The molecule has 0 bridgehead atoms. The van der Waals surface area contributed by atoms with E-state index >= 15 is 0 Å². The molecule has 20 heavy (non-hydrogen) atoms. The zero-order valence-electron chi connectivity index (χ0n) is 13.7. The summed E-state index contributed by atoms with van der Waals surface area (Å²) in [4.78, 5) is 0. The van der Waals surface area contributed by atoms with Gasteiger partial charge in [0.2, 0.25) is 0 Å². The molecular formula is C20H28. The lowest BCUT2D eigenvalue weighted by molar-refractivity contribution is 0.944. The van der Waals surface area contributed by atoms with Crippen LogP contribution in [0.1, 0.15) is 58.1 Å². The van der Waals surface area contributed by atoms with Crippen molar-refractivity contribution in [2.24, 2.45) is 0 Å². The van der Waals surface area contributed by atoms with E-state index in [0.717, 1.165) is 19.3 Å². The Bertz CT molecular complexity index is 507. The molecule has 0 atom stereocenters. The minimum atomic E-state index is 1.08. The van der Waals surface area contributed by atoms with Gasteiger partial charge in [0.1, 0.15) is 0 Å². The van der Waals surface area contributed by atoms with Crippen LogP contribution in [0.25, 0.3) is 5.57 Å². The van der Waals surface area contributed by atoms with E-state index in [1.54, 1.807) is 5.57 Å². The summed E-state index contributed by atoms with van der Waals surface area (Å²) in [6, 6.07) is 8.82. The quantitative estimate of drug-likeness (QED) is 0.588. The van der Waals surface area contributed by atoms with Gasteiger partial charge in [-0.05, 0) is 42.9 Å². The van der Waals surface area contributed by atoms with Crippen molar-refractivity contribution in [3.05, 3.63) is 64.8 Å². The molecule has 0 radical (unpaired) electrons. The van der Waals surface area contributed by atoms with Crippen molar-refractivity contribution in [1.29, 1.82) is 0 Å². The molecule has 1 aromatic rings. The molecule has 0 fully saturated rings. The number of hydrogen-bond donors (Lipinski definition) is 0. The zero-order chi connectivity index (χ0) is 15.0. The number of hydrogen-bond acceptors (Lipinski definition) is 0. The molecule has 2 rings (SSSR count). The molecule has 0 unspecified atom stereocenters. The fraction of sp³-hybridized carbons (Fsp3) is 0.400. The van der Waals surface area contributed by atoms with Crippen molar-refractivity contribution in [3.8, 4) is 0 Å². The maximum absolute atomic E-state index is 2.29. The molecule has 0 heterocycles. The fourth-order valence-corrected chi connectivity index (χ4v) is 2.66. The molecule has 0 heteroatoms. The molecule has 0 nitrogen and oxygen atoms in total. The maximum Gasteiger partial charge on any atom is -0.00886 e. The first-order chi connectivity index (χ1) is 9.76. The summed E-state index contributed by atoms with van der Waals surface area (Å²) in [5.41, 5.74) is 7.23. The van der Waals surface area contributed by atoms with E-state index in [-0.39, 0.29) is 0 Å². The largest absolute Gasteiger partial charge is 0.0801 e. The van der Waals surface area contributed by atoms with Crippen LogP contribution in [0.15, 0.2) is 53.6 Å². The Hall–Kier alpha value is -1.56. The Morgan fingerprint density at radius 1 is 1.10 bits per heavy atom. The van der Waals surface area contributed by atoms with Crippen LogP contribution in [-0.2, 0) is 0 Å². The second kappa shape index (κ2) is 8.58. The first-order valence-electron chi connectivity index (χ1n) is 7.91. The zero-order valence-corrected chi connectivity index (χ0v) is 13.7. The van der Waals surface area contributed by atoms with Crippen LogP contribution in [0.5, 0.6) is 0 Å². The van der Waals surface area contributed by atoms with Crippen LogP contribution in [-0.4, -0.2) is 0 Å². The summed E-state index contributed by atoms with van der Waals surface area (Å²) in [6.45, 7) is 10.7. The average molecular weight is 268 g/mol. The van der Waals surface area contributed by atoms with Crippen LogP contribution in [0, 0.1) is 6.92 Å². The first-order valence-corrected chi connectivity index (χ1v) is 7.91. The third kappa shape index (κ3) is 3.96. The van der Waals surface area contributed by atoms with E-state index < -0.39 is 0 Å². The standard InChI is InChI=1S/C18H22.C2H6/c1-4-15(5-2)17-11-6-7-12-18(17)16-10-8-9-14(3)13-16;1-2/h6-10,12-13H,4-5,11H2,1-3H3;1-2H3. The van der Waals surface area contributed by atoms with Crippen molar-refractivity contribution in [3.63, 3.8) is 0 Å². The second-order valence-electron chi connectivity index (χ2n) is 4.87. The van der Waals surface area contributed by atoms with Gasteiger partial charge in [0.15, 0.2) is 0 Å². The van der Waals surface area contributed by atoms with E-state index in [4.69, 9.17) is 0 Å². The molecule has 1 aromatic carbocycles. The Morgan fingerprint density at radius 2 is 1.80 bits per heavy atom. The lowest BCUT2D eigenvalue weighted by atomic mass is 9.86. The van der Waals surface area contributed by atoms with E-state index in [2.05, 4.69) is 63.3 Å². The molecule has 1 aliphatic carbocycles. The molecule has 1 aliphatic rings. The highest BCUT2D eigenvalue weighted by Gasteiger charge is 2.12. The second-order valence-corrected chi connectivity index (χ2v) is 4.87. The number of allylic oxidation sites excluding steroid dienone is 6. The van der Waals surface area contributed by atoms with Crippen LogP contribution < -0.4 is 0 Å². The predicted molar refractivity (Wildman–Crippen MR) is 91.9 cm³/mol. The van der Waals surface area contributed by atoms with Crippen LogP contribution in [0.2, 0.25) is 0 Å². The van der Waals surface area contributed by atoms with Crippen LogP contribution in [0.3, 0.4) is 0 Å². The highest BCUT2D eigenvalue weighted by molar-refractivity contribution is 5.82. The van der Waals surface area contributed by atoms with Crippen molar-refractivity contribution in [2.45, 2.75) is 53.9 Å². The van der Waals surface area contributed by atoms with E-state index in [9.17, 15) is 0 Å². The van der Waals surface area contributed by atoms with Crippen molar-refractivity contribution in [1.82, 2.24) is 0 Å². The topological polar surface area (TPSA) is 0 Å². The van der Waals surface area contributed by atoms with Gasteiger partial charge in [0.05, 0.1) is 0 Å². The summed E-state index contributed by atoms with van der Waals surface area (Å²) in [5.74, 6) is 0. The lowest BCUT2D eigenvalue weighted by Crippen LogP contribution is -1.98. The predicted octanol–water partition coefficient (Wildman–Crippen LogP) is 6.48. The molecule has 0 amide bonds. The van der Waals surface area contributed by atoms with Gasteiger partial charge in [-0.25, -0.2) is 0 Å². The van der Waals surface area contributed by atoms with Crippen LogP contribution in [0.4, 0.5) is 0 Å². The van der Waals surface area contributed by atoms with Crippen molar-refractivity contribution >= 4 is 5.57 Å². The van der Waals surface area contributed by atoms with Gasteiger partial charge in [0, 0.05) is 0 Å². The third-order valence-electron chi connectivity index (χ3n) is 3.66. The molecule has 0 saturated carbocycles. The lowest BCUT2D eigenvalue weighted by Gasteiger charge is -2.18. The minimum Gasteiger partial charge on any atom is -0.0801 e. The Labute approximate surface area is 124 Å². The first kappa shape index (κ1) is 16.5. The summed E-state index contributed by atoms with van der Waals surface area (Å²) in [6.07, 6.45) is 10.1. The summed E-state index contributed by atoms with van der Waals surface area (Å²) >= 11 is 0. The smallest absolute Gasteiger partial charge is 0.00886 e. The van der Waals surface area contributed by atoms with Gasteiger partial charge in [-0.1, -0.05) is 81.3 Å². The number of rotatable bonds is 3. The van der Waals surface area contributed by atoms with E-state index in [0.29, 0.717) is 0 Å². The van der Waals surface area contributed by atoms with Gasteiger partial charge >= 0.3 is 0 Å². The molecule has 0 aromatic heterocycles. The fourth-order valence-electron chi connectivity index (χ4n) is 2.66. The normalized spacial score (nSPS) is 13.4. The molecule has 0 aliphatic heterocycles. The van der Waals surface area contributed by atoms with E-state index in [1.807, 2.05) is 13.8 Å².